The van der Waals surface area contributed by atoms with Crippen molar-refractivity contribution >= 4 is 40.6 Å². The van der Waals surface area contributed by atoms with Gasteiger partial charge in [0.15, 0.2) is 0 Å². The Morgan fingerprint density at radius 1 is 1.58 bits per heavy atom. The fourth-order valence-corrected chi connectivity index (χ4v) is 2.16. The average Bonchev–Trinajstić information content (AvgIpc) is 2.47. The molecule has 0 spiro atoms. The average molecular weight is 221 g/mol. The summed E-state index contributed by atoms with van der Waals surface area (Å²) in [5.74, 6) is 0.603. The third-order valence-electron chi connectivity index (χ3n) is 1.57. The smallest absolute Gasteiger partial charge is 0.0934 e. The van der Waals surface area contributed by atoms with E-state index in [2.05, 4.69) is 13.0 Å². The highest BCUT2D eigenvalue weighted by molar-refractivity contribution is 7.17. The van der Waals surface area contributed by atoms with Crippen molar-refractivity contribution in [3.63, 3.8) is 0 Å². The monoisotopic (exact) mass is 220 g/mol. The molecule has 0 N–H and O–H groups in total. The van der Waals surface area contributed by atoms with Crippen molar-refractivity contribution in [1.29, 1.82) is 0 Å². The van der Waals surface area contributed by atoms with E-state index in [0.717, 1.165) is 10.8 Å². The summed E-state index contributed by atoms with van der Waals surface area (Å²) in [5.41, 5.74) is 1.25. The minimum absolute atomic E-state index is 0.603. The van der Waals surface area contributed by atoms with Crippen molar-refractivity contribution < 1.29 is 0 Å². The predicted molar refractivity (Wildman–Crippen MR) is 58.3 cm³/mol. The van der Waals surface area contributed by atoms with Gasteiger partial charge < -0.3 is 0 Å². The van der Waals surface area contributed by atoms with E-state index < -0.39 is 0 Å². The second-order valence-electron chi connectivity index (χ2n) is 2.43. The van der Waals surface area contributed by atoms with Gasteiger partial charge in [-0.3, -0.25) is 0 Å². The maximum Gasteiger partial charge on any atom is 0.0934 e. The molecule has 12 heavy (non-hydrogen) atoms. The van der Waals surface area contributed by atoms with Crippen LogP contribution >= 0.6 is 34.5 Å². The zero-order chi connectivity index (χ0) is 8.97. The van der Waals surface area contributed by atoms with Crippen LogP contribution in [0.2, 0.25) is 4.34 Å². The molecule has 1 rings (SSSR count). The van der Waals surface area contributed by atoms with E-state index in [0.29, 0.717) is 5.88 Å². The van der Waals surface area contributed by atoms with E-state index in [1.54, 1.807) is 11.3 Å². The zero-order valence-electron chi connectivity index (χ0n) is 6.81. The van der Waals surface area contributed by atoms with Crippen LogP contribution in [0.4, 0.5) is 0 Å². The quantitative estimate of drug-likeness (QED) is 0.662. The van der Waals surface area contributed by atoms with Crippen LogP contribution in [0.25, 0.3) is 6.08 Å². The Labute approximate surface area is 86.8 Å². The molecule has 0 nitrogen and oxygen atoms in total. The van der Waals surface area contributed by atoms with Crippen LogP contribution in [0.15, 0.2) is 17.7 Å². The maximum absolute atomic E-state index is 5.79. The van der Waals surface area contributed by atoms with Gasteiger partial charge in [-0.05, 0) is 24.6 Å². The molecule has 66 valence electrons. The van der Waals surface area contributed by atoms with Gasteiger partial charge in [-0.1, -0.05) is 24.1 Å². The highest BCUT2D eigenvalue weighted by Crippen LogP contribution is 2.24. The summed E-state index contributed by atoms with van der Waals surface area (Å²) in [6.07, 6.45) is 3.10. The van der Waals surface area contributed by atoms with E-state index in [4.69, 9.17) is 23.2 Å². The number of alkyl halides is 1. The Morgan fingerprint density at radius 2 is 2.33 bits per heavy atom. The fraction of sp³-hybridized carbons (Fsp3) is 0.333. The van der Waals surface area contributed by atoms with Gasteiger partial charge in [0.2, 0.25) is 0 Å². The molecule has 0 aromatic carbocycles. The van der Waals surface area contributed by atoms with E-state index in [-0.39, 0.29) is 0 Å². The first-order valence-electron chi connectivity index (χ1n) is 3.77. The predicted octanol–water partition coefficient (Wildman–Crippen LogP) is 4.43. The standard InChI is InChI=1S/C9H10Cl2S/c1-2-7(6-10)5-8-3-4-9(11)12-8/h3-5H,2,6H2,1H3/b7-5-. The van der Waals surface area contributed by atoms with E-state index in [9.17, 15) is 0 Å². The van der Waals surface area contributed by atoms with Crippen LogP contribution < -0.4 is 0 Å². The molecule has 0 atom stereocenters. The summed E-state index contributed by atoms with van der Waals surface area (Å²) in [4.78, 5) is 1.18. The van der Waals surface area contributed by atoms with Crippen molar-refractivity contribution in [3.8, 4) is 0 Å². The Balaban J connectivity index is 2.78. The molecule has 0 aliphatic carbocycles. The molecule has 0 unspecified atom stereocenters. The summed E-state index contributed by atoms with van der Waals surface area (Å²) >= 11 is 13.1. The van der Waals surface area contributed by atoms with Crippen molar-refractivity contribution in [2.75, 3.05) is 5.88 Å². The zero-order valence-corrected chi connectivity index (χ0v) is 9.14. The summed E-state index contributed by atoms with van der Waals surface area (Å²) in [6, 6.07) is 3.91. The van der Waals surface area contributed by atoms with Gasteiger partial charge in [0, 0.05) is 10.8 Å². The summed E-state index contributed by atoms with van der Waals surface area (Å²) < 4.78 is 0.825. The number of allylic oxidation sites excluding steroid dienone is 1. The van der Waals surface area contributed by atoms with Crippen molar-refractivity contribution in [1.82, 2.24) is 0 Å². The Hall–Kier alpha value is 0.0200. The minimum Gasteiger partial charge on any atom is -0.124 e. The lowest BCUT2D eigenvalue weighted by Gasteiger charge is -1.95. The number of thiophene rings is 1. The maximum atomic E-state index is 5.79. The number of halogens is 2. The Bertz CT molecular complexity index is 270. The van der Waals surface area contributed by atoms with E-state index >= 15 is 0 Å². The van der Waals surface area contributed by atoms with Gasteiger partial charge in [0.05, 0.1) is 4.34 Å². The summed E-state index contributed by atoms with van der Waals surface area (Å²) in [5, 5.41) is 0. The molecule has 0 aliphatic heterocycles. The van der Waals surface area contributed by atoms with Crippen LogP contribution in [-0.4, -0.2) is 5.88 Å². The molecule has 1 aromatic heterocycles. The van der Waals surface area contributed by atoms with Gasteiger partial charge in [-0.15, -0.1) is 22.9 Å². The molecule has 3 heteroatoms. The molecule has 0 fully saturated rings. The normalized spacial score (nSPS) is 12.1. The Kier molecular flexibility index (Phi) is 4.13. The second kappa shape index (κ2) is 4.90. The molecule has 1 heterocycles. The minimum atomic E-state index is 0.603. The first-order chi connectivity index (χ1) is 5.76. The second-order valence-corrected chi connectivity index (χ2v) is 4.45. The largest absolute Gasteiger partial charge is 0.124 e. The van der Waals surface area contributed by atoms with E-state index in [1.807, 2.05) is 12.1 Å². The molecule has 0 saturated carbocycles. The van der Waals surface area contributed by atoms with E-state index in [1.165, 1.54) is 10.5 Å². The number of rotatable bonds is 3. The molecular formula is C9H10Cl2S. The topological polar surface area (TPSA) is 0 Å². The first-order valence-corrected chi connectivity index (χ1v) is 5.50. The van der Waals surface area contributed by atoms with Crippen molar-refractivity contribution in [2.45, 2.75) is 13.3 Å². The van der Waals surface area contributed by atoms with Gasteiger partial charge >= 0.3 is 0 Å². The van der Waals surface area contributed by atoms with Crippen LogP contribution in [0, 0.1) is 0 Å². The summed E-state index contributed by atoms with van der Waals surface area (Å²) in [6.45, 7) is 2.10. The lowest BCUT2D eigenvalue weighted by molar-refractivity contribution is 1.12. The lowest BCUT2D eigenvalue weighted by Crippen LogP contribution is -1.79. The van der Waals surface area contributed by atoms with Crippen LogP contribution in [0.1, 0.15) is 18.2 Å². The molecule has 0 radical (unpaired) electrons. The van der Waals surface area contributed by atoms with Gasteiger partial charge in [0.1, 0.15) is 0 Å². The highest BCUT2D eigenvalue weighted by atomic mass is 35.5. The van der Waals surface area contributed by atoms with Crippen LogP contribution in [-0.2, 0) is 0 Å². The van der Waals surface area contributed by atoms with Gasteiger partial charge in [0.25, 0.3) is 0 Å². The molecular weight excluding hydrogens is 211 g/mol. The van der Waals surface area contributed by atoms with Crippen LogP contribution in [0.5, 0.6) is 0 Å². The fourth-order valence-electron chi connectivity index (χ4n) is 0.842. The third-order valence-corrected chi connectivity index (χ3v) is 3.09. The molecule has 1 aromatic rings. The van der Waals surface area contributed by atoms with Crippen molar-refractivity contribution in [2.24, 2.45) is 0 Å². The Morgan fingerprint density at radius 3 is 2.75 bits per heavy atom. The van der Waals surface area contributed by atoms with Gasteiger partial charge in [-0.2, -0.15) is 0 Å². The number of hydrogen-bond donors (Lipinski definition) is 0. The third kappa shape index (κ3) is 2.81. The molecule has 0 bridgehead atoms. The first kappa shape index (κ1) is 10.1. The van der Waals surface area contributed by atoms with Gasteiger partial charge in [-0.25, -0.2) is 0 Å². The highest BCUT2D eigenvalue weighted by Gasteiger charge is 1.96. The molecule has 0 aliphatic rings. The molecule has 0 amide bonds. The lowest BCUT2D eigenvalue weighted by atomic mass is 10.2. The summed E-state index contributed by atoms with van der Waals surface area (Å²) in [7, 11) is 0. The SMILES string of the molecule is CC/C(=C/c1ccc(Cl)s1)CCl. The van der Waals surface area contributed by atoms with Crippen molar-refractivity contribution in [3.05, 3.63) is 26.9 Å². The number of hydrogen-bond acceptors (Lipinski definition) is 1. The van der Waals surface area contributed by atoms with Crippen LogP contribution in [0.3, 0.4) is 0 Å². The molecule has 0 saturated heterocycles.